The zero-order chi connectivity index (χ0) is 13.8. The zero-order valence-corrected chi connectivity index (χ0v) is 11.0. The molecular weight excluding hydrogens is 248 g/mol. The first-order valence-corrected chi connectivity index (χ1v) is 6.59. The highest BCUT2D eigenvalue weighted by Crippen LogP contribution is 2.19. The quantitative estimate of drug-likeness (QED) is 0.676. The molecule has 0 bridgehead atoms. The Balaban J connectivity index is 1.82. The van der Waals surface area contributed by atoms with Gasteiger partial charge in [-0.1, -0.05) is 18.2 Å². The number of aryl methyl sites for hydroxylation is 1. The number of carbonyl (C=O) groups is 1. The van der Waals surface area contributed by atoms with E-state index in [4.69, 9.17) is 0 Å². The fraction of sp³-hybridized carbons (Fsp3) is 0.118. The van der Waals surface area contributed by atoms with E-state index >= 15 is 0 Å². The molecule has 0 aliphatic heterocycles. The van der Waals surface area contributed by atoms with Crippen molar-refractivity contribution in [2.24, 2.45) is 0 Å². The molecule has 3 nitrogen and oxygen atoms in total. The molecule has 0 amide bonds. The second-order valence-corrected chi connectivity index (χ2v) is 4.68. The lowest BCUT2D eigenvalue weighted by atomic mass is 9.99. The van der Waals surface area contributed by atoms with Gasteiger partial charge in [0.25, 0.3) is 0 Å². The van der Waals surface area contributed by atoms with Gasteiger partial charge in [-0.05, 0) is 35.6 Å². The normalized spacial score (nSPS) is 10.6. The number of nitrogens with zero attached hydrogens (tertiary/aromatic N) is 2. The van der Waals surface area contributed by atoms with Crippen LogP contribution in [0.1, 0.15) is 22.3 Å². The number of fused-ring (bicyclic) bond motifs is 1. The molecule has 20 heavy (non-hydrogen) atoms. The first-order valence-electron chi connectivity index (χ1n) is 6.59. The summed E-state index contributed by atoms with van der Waals surface area (Å²) >= 11 is 0. The molecule has 2 aromatic heterocycles. The van der Waals surface area contributed by atoms with E-state index in [-0.39, 0.29) is 5.78 Å². The number of ketones is 1. The standard InChI is InChI=1S/C17H14N2O/c20-17(5-4-13-6-9-18-10-7-13)16-3-1-2-14-12-19-11-8-15(14)16/h1-3,6-12H,4-5H2. The van der Waals surface area contributed by atoms with Gasteiger partial charge in [0.1, 0.15) is 0 Å². The number of carbonyl (C=O) groups excluding carboxylic acids is 1. The second-order valence-electron chi connectivity index (χ2n) is 4.68. The van der Waals surface area contributed by atoms with Crippen LogP contribution in [-0.2, 0) is 6.42 Å². The number of hydrogen-bond donors (Lipinski definition) is 0. The summed E-state index contributed by atoms with van der Waals surface area (Å²) in [4.78, 5) is 20.5. The Hall–Kier alpha value is -2.55. The van der Waals surface area contributed by atoms with Gasteiger partial charge in [-0.15, -0.1) is 0 Å². The Kier molecular flexibility index (Phi) is 3.50. The van der Waals surface area contributed by atoms with Gasteiger partial charge in [0, 0.05) is 42.2 Å². The number of aromatic nitrogens is 2. The number of hydrogen-bond acceptors (Lipinski definition) is 3. The molecule has 0 saturated heterocycles. The SMILES string of the molecule is O=C(CCc1ccncc1)c1cccc2cnccc12. The Morgan fingerprint density at radius 3 is 2.60 bits per heavy atom. The van der Waals surface area contributed by atoms with Crippen molar-refractivity contribution >= 4 is 16.6 Å². The molecule has 0 radical (unpaired) electrons. The van der Waals surface area contributed by atoms with Crippen LogP contribution in [0.15, 0.2) is 61.2 Å². The Labute approximate surface area is 117 Å². The van der Waals surface area contributed by atoms with Crippen LogP contribution in [0.25, 0.3) is 10.8 Å². The minimum absolute atomic E-state index is 0.165. The first kappa shape index (κ1) is 12.5. The Bertz CT molecular complexity index is 733. The molecular formula is C17H14N2O. The Morgan fingerprint density at radius 2 is 1.75 bits per heavy atom. The summed E-state index contributed by atoms with van der Waals surface area (Å²) in [6.45, 7) is 0. The highest BCUT2D eigenvalue weighted by atomic mass is 16.1. The molecule has 3 heteroatoms. The van der Waals surface area contributed by atoms with Crippen LogP contribution in [0, 0.1) is 0 Å². The van der Waals surface area contributed by atoms with Crippen molar-refractivity contribution in [2.75, 3.05) is 0 Å². The summed E-state index contributed by atoms with van der Waals surface area (Å²) in [7, 11) is 0. The summed E-state index contributed by atoms with van der Waals surface area (Å²) in [5.41, 5.74) is 1.91. The smallest absolute Gasteiger partial charge is 0.163 e. The van der Waals surface area contributed by atoms with Gasteiger partial charge in [0.05, 0.1) is 0 Å². The van der Waals surface area contributed by atoms with Crippen LogP contribution < -0.4 is 0 Å². The predicted molar refractivity (Wildman–Crippen MR) is 78.6 cm³/mol. The molecule has 0 unspecified atom stereocenters. The van der Waals surface area contributed by atoms with E-state index in [2.05, 4.69) is 9.97 Å². The van der Waals surface area contributed by atoms with Crippen molar-refractivity contribution in [3.8, 4) is 0 Å². The van der Waals surface area contributed by atoms with E-state index in [1.165, 1.54) is 0 Å². The van der Waals surface area contributed by atoms with Crippen molar-refractivity contribution in [1.29, 1.82) is 0 Å². The third kappa shape index (κ3) is 2.57. The molecule has 98 valence electrons. The maximum atomic E-state index is 12.4. The van der Waals surface area contributed by atoms with Crippen molar-refractivity contribution in [1.82, 2.24) is 9.97 Å². The van der Waals surface area contributed by atoms with E-state index in [1.54, 1.807) is 24.8 Å². The lowest BCUT2D eigenvalue weighted by Crippen LogP contribution is -2.02. The van der Waals surface area contributed by atoms with Gasteiger partial charge in [0.2, 0.25) is 0 Å². The maximum Gasteiger partial charge on any atom is 0.163 e. The van der Waals surface area contributed by atoms with Crippen molar-refractivity contribution in [3.05, 3.63) is 72.3 Å². The first-order chi connectivity index (χ1) is 9.84. The van der Waals surface area contributed by atoms with Crippen LogP contribution in [0.2, 0.25) is 0 Å². The molecule has 0 saturated carbocycles. The maximum absolute atomic E-state index is 12.4. The van der Waals surface area contributed by atoms with Crippen molar-refractivity contribution < 1.29 is 4.79 Å². The van der Waals surface area contributed by atoms with Gasteiger partial charge >= 0.3 is 0 Å². The van der Waals surface area contributed by atoms with Gasteiger partial charge < -0.3 is 0 Å². The topological polar surface area (TPSA) is 42.9 Å². The average molecular weight is 262 g/mol. The van der Waals surface area contributed by atoms with Crippen molar-refractivity contribution in [3.63, 3.8) is 0 Å². The third-order valence-corrected chi connectivity index (χ3v) is 3.37. The highest BCUT2D eigenvalue weighted by Gasteiger charge is 2.09. The van der Waals surface area contributed by atoms with Gasteiger partial charge in [-0.2, -0.15) is 0 Å². The fourth-order valence-corrected chi connectivity index (χ4v) is 2.31. The van der Waals surface area contributed by atoms with Gasteiger partial charge in [-0.3, -0.25) is 14.8 Å². The molecule has 0 aliphatic rings. The predicted octanol–water partition coefficient (Wildman–Crippen LogP) is 3.45. The largest absolute Gasteiger partial charge is 0.294 e. The second kappa shape index (κ2) is 5.61. The zero-order valence-electron chi connectivity index (χ0n) is 11.0. The molecule has 3 rings (SSSR count). The van der Waals surface area contributed by atoms with Gasteiger partial charge in [-0.25, -0.2) is 0 Å². The van der Waals surface area contributed by atoms with Crippen molar-refractivity contribution in [2.45, 2.75) is 12.8 Å². The van der Waals surface area contributed by atoms with Crippen LogP contribution in [0.5, 0.6) is 0 Å². The lowest BCUT2D eigenvalue weighted by Gasteiger charge is -2.05. The molecule has 2 heterocycles. The number of benzene rings is 1. The van der Waals surface area contributed by atoms with Crippen LogP contribution in [0.3, 0.4) is 0 Å². The minimum atomic E-state index is 0.165. The van der Waals surface area contributed by atoms with E-state index in [0.29, 0.717) is 6.42 Å². The van der Waals surface area contributed by atoms with E-state index < -0.39 is 0 Å². The van der Waals surface area contributed by atoms with E-state index in [0.717, 1.165) is 28.3 Å². The minimum Gasteiger partial charge on any atom is -0.294 e. The van der Waals surface area contributed by atoms with Crippen LogP contribution in [0.4, 0.5) is 0 Å². The summed E-state index contributed by atoms with van der Waals surface area (Å²) in [6.07, 6.45) is 8.26. The van der Waals surface area contributed by atoms with Crippen LogP contribution >= 0.6 is 0 Å². The summed E-state index contributed by atoms with van der Waals surface area (Å²) in [5.74, 6) is 0.165. The third-order valence-electron chi connectivity index (χ3n) is 3.37. The monoisotopic (exact) mass is 262 g/mol. The van der Waals surface area contributed by atoms with E-state index in [9.17, 15) is 4.79 Å². The summed E-state index contributed by atoms with van der Waals surface area (Å²) in [5, 5.41) is 1.98. The molecule has 0 fully saturated rings. The Morgan fingerprint density at radius 1 is 0.950 bits per heavy atom. The highest BCUT2D eigenvalue weighted by molar-refractivity contribution is 6.07. The molecule has 0 atom stereocenters. The molecule has 1 aromatic carbocycles. The number of pyridine rings is 2. The fourth-order valence-electron chi connectivity index (χ4n) is 2.31. The average Bonchev–Trinajstić information content (AvgIpc) is 2.53. The lowest BCUT2D eigenvalue weighted by molar-refractivity contribution is 0.0984. The van der Waals surface area contributed by atoms with Crippen LogP contribution in [-0.4, -0.2) is 15.8 Å². The molecule has 0 spiro atoms. The van der Waals surface area contributed by atoms with Gasteiger partial charge in [0.15, 0.2) is 5.78 Å². The molecule has 0 N–H and O–H groups in total. The summed E-state index contributed by atoms with van der Waals surface area (Å²) < 4.78 is 0. The molecule has 0 aliphatic carbocycles. The number of Topliss-reactive ketones (excluding diaryl/α,β-unsaturated/α-hetero) is 1. The molecule has 3 aromatic rings. The summed E-state index contributed by atoms with van der Waals surface area (Å²) in [6, 6.07) is 11.6. The van der Waals surface area contributed by atoms with E-state index in [1.807, 2.05) is 36.4 Å². The number of rotatable bonds is 4.